The van der Waals surface area contributed by atoms with Crippen LogP contribution in [0.3, 0.4) is 0 Å². The Kier molecular flexibility index (Phi) is 3.51. The van der Waals surface area contributed by atoms with E-state index in [1.165, 1.54) is 11.0 Å². The standard InChI is InChI=1S/C16H20N2O4S/c1-10-8-11(4-7-13(10)23(3,21)22)9-18-14(19)16(2,12-5-6-12)17-15(18)20/h4,7-8,12H,5-6,9H2,1-3H3,(H,17,20)/t16-/m1/s1. The van der Waals surface area contributed by atoms with Gasteiger partial charge in [0.15, 0.2) is 9.84 Å². The molecule has 1 N–H and O–H groups in total. The molecule has 1 aliphatic heterocycles. The SMILES string of the molecule is Cc1cc(CN2C(=O)N[C@](C)(C3CC3)C2=O)ccc1S(C)(=O)=O. The molecule has 0 radical (unpaired) electrons. The van der Waals surface area contributed by atoms with Gasteiger partial charge in [-0.05, 0) is 49.8 Å². The van der Waals surface area contributed by atoms with E-state index in [1.807, 2.05) is 0 Å². The lowest BCUT2D eigenvalue weighted by Crippen LogP contribution is -2.46. The van der Waals surface area contributed by atoms with Gasteiger partial charge in [0.05, 0.1) is 11.4 Å². The van der Waals surface area contributed by atoms with Crippen molar-refractivity contribution in [2.75, 3.05) is 6.26 Å². The molecule has 124 valence electrons. The molecule has 6 nitrogen and oxygen atoms in total. The topological polar surface area (TPSA) is 83.6 Å². The highest BCUT2D eigenvalue weighted by atomic mass is 32.2. The van der Waals surface area contributed by atoms with Crippen molar-refractivity contribution < 1.29 is 18.0 Å². The van der Waals surface area contributed by atoms with E-state index in [9.17, 15) is 18.0 Å². The number of nitrogens with zero attached hydrogens (tertiary/aromatic N) is 1. The number of amides is 3. The molecule has 1 aromatic rings. The van der Waals surface area contributed by atoms with Gasteiger partial charge in [0, 0.05) is 6.26 Å². The summed E-state index contributed by atoms with van der Waals surface area (Å²) in [6, 6.07) is 4.51. The van der Waals surface area contributed by atoms with E-state index in [2.05, 4.69) is 5.32 Å². The molecule has 1 heterocycles. The number of hydrogen-bond donors (Lipinski definition) is 1. The zero-order valence-corrected chi connectivity index (χ0v) is 14.2. The Morgan fingerprint density at radius 3 is 2.48 bits per heavy atom. The molecule has 7 heteroatoms. The summed E-state index contributed by atoms with van der Waals surface area (Å²) >= 11 is 0. The van der Waals surface area contributed by atoms with Gasteiger partial charge in [-0.1, -0.05) is 12.1 Å². The van der Waals surface area contributed by atoms with Crippen LogP contribution in [0.5, 0.6) is 0 Å². The van der Waals surface area contributed by atoms with Crippen molar-refractivity contribution in [3.8, 4) is 0 Å². The maximum absolute atomic E-state index is 12.6. The molecular weight excluding hydrogens is 316 g/mol. The van der Waals surface area contributed by atoms with E-state index in [1.54, 1.807) is 26.0 Å². The molecule has 1 saturated carbocycles. The van der Waals surface area contributed by atoms with Crippen molar-refractivity contribution in [1.82, 2.24) is 10.2 Å². The third-order valence-corrected chi connectivity index (χ3v) is 5.93. The van der Waals surface area contributed by atoms with Crippen molar-refractivity contribution in [2.45, 2.75) is 43.7 Å². The second-order valence-corrected chi connectivity index (χ2v) is 8.65. The fourth-order valence-electron chi connectivity index (χ4n) is 3.21. The van der Waals surface area contributed by atoms with E-state index in [-0.39, 0.29) is 29.3 Å². The van der Waals surface area contributed by atoms with Gasteiger partial charge in [0.25, 0.3) is 5.91 Å². The van der Waals surface area contributed by atoms with Crippen LogP contribution < -0.4 is 5.32 Å². The van der Waals surface area contributed by atoms with E-state index >= 15 is 0 Å². The molecule has 2 aliphatic rings. The summed E-state index contributed by atoms with van der Waals surface area (Å²) in [4.78, 5) is 26.2. The fourth-order valence-corrected chi connectivity index (χ4v) is 4.16. The molecule has 2 fully saturated rings. The van der Waals surface area contributed by atoms with Crippen LogP contribution in [0.25, 0.3) is 0 Å². The minimum Gasteiger partial charge on any atom is -0.323 e. The maximum atomic E-state index is 12.6. The quantitative estimate of drug-likeness (QED) is 0.847. The van der Waals surface area contributed by atoms with Gasteiger partial charge in [-0.3, -0.25) is 9.69 Å². The van der Waals surface area contributed by atoms with Gasteiger partial charge in [0.2, 0.25) is 0 Å². The van der Waals surface area contributed by atoms with Crippen LogP contribution in [0.1, 0.15) is 30.9 Å². The second-order valence-electron chi connectivity index (χ2n) is 6.67. The first-order chi connectivity index (χ1) is 10.6. The largest absolute Gasteiger partial charge is 0.325 e. The van der Waals surface area contributed by atoms with Gasteiger partial charge in [0.1, 0.15) is 5.54 Å². The van der Waals surface area contributed by atoms with Crippen LogP contribution in [-0.2, 0) is 21.2 Å². The lowest BCUT2D eigenvalue weighted by atomic mass is 9.96. The lowest BCUT2D eigenvalue weighted by molar-refractivity contribution is -0.131. The molecule has 0 aromatic heterocycles. The highest BCUT2D eigenvalue weighted by Gasteiger charge is 2.55. The molecule has 0 spiro atoms. The molecule has 0 unspecified atom stereocenters. The molecule has 1 saturated heterocycles. The summed E-state index contributed by atoms with van der Waals surface area (Å²) in [5, 5.41) is 2.80. The molecule has 3 rings (SSSR count). The fraction of sp³-hybridized carbons (Fsp3) is 0.500. The number of sulfone groups is 1. The average Bonchev–Trinajstić information content (AvgIpc) is 3.24. The summed E-state index contributed by atoms with van der Waals surface area (Å²) in [6.07, 6.45) is 3.07. The highest BCUT2D eigenvalue weighted by Crippen LogP contribution is 2.42. The Morgan fingerprint density at radius 1 is 1.30 bits per heavy atom. The van der Waals surface area contributed by atoms with Gasteiger partial charge >= 0.3 is 6.03 Å². The molecule has 1 aromatic carbocycles. The Labute approximate surface area is 135 Å². The van der Waals surface area contributed by atoms with Gasteiger partial charge < -0.3 is 5.32 Å². The molecule has 23 heavy (non-hydrogen) atoms. The third-order valence-electron chi connectivity index (χ3n) is 4.67. The predicted octanol–water partition coefficient (Wildman–Crippen LogP) is 1.62. The summed E-state index contributed by atoms with van der Waals surface area (Å²) in [5.74, 6) is 0.0214. The van der Waals surface area contributed by atoms with Gasteiger partial charge in [-0.2, -0.15) is 0 Å². The first kappa shape index (κ1) is 16.0. The molecule has 3 amide bonds. The predicted molar refractivity (Wildman–Crippen MR) is 84.5 cm³/mol. The number of imide groups is 1. The first-order valence-electron chi connectivity index (χ1n) is 7.56. The van der Waals surface area contributed by atoms with Gasteiger partial charge in [-0.25, -0.2) is 13.2 Å². The Morgan fingerprint density at radius 2 is 1.96 bits per heavy atom. The maximum Gasteiger partial charge on any atom is 0.325 e. The molecule has 0 bridgehead atoms. The first-order valence-corrected chi connectivity index (χ1v) is 9.46. The van der Waals surface area contributed by atoms with Crippen LogP contribution in [0.4, 0.5) is 4.79 Å². The van der Waals surface area contributed by atoms with E-state index in [0.29, 0.717) is 5.56 Å². The number of benzene rings is 1. The normalized spacial score (nSPS) is 24.9. The van der Waals surface area contributed by atoms with E-state index < -0.39 is 15.4 Å². The Balaban J connectivity index is 1.84. The number of aryl methyl sites for hydroxylation is 1. The minimum atomic E-state index is -3.28. The summed E-state index contributed by atoms with van der Waals surface area (Å²) in [5.41, 5.74) is 0.555. The summed E-state index contributed by atoms with van der Waals surface area (Å²) in [6.45, 7) is 3.64. The van der Waals surface area contributed by atoms with Crippen LogP contribution in [0.15, 0.2) is 23.1 Å². The van der Waals surface area contributed by atoms with Crippen molar-refractivity contribution >= 4 is 21.8 Å². The van der Waals surface area contributed by atoms with Crippen LogP contribution in [0, 0.1) is 12.8 Å². The van der Waals surface area contributed by atoms with Crippen molar-refractivity contribution in [1.29, 1.82) is 0 Å². The van der Waals surface area contributed by atoms with Crippen LogP contribution in [-0.4, -0.2) is 37.1 Å². The number of hydrogen-bond acceptors (Lipinski definition) is 4. The Bertz CT molecular complexity index is 798. The number of urea groups is 1. The number of carbonyl (C=O) groups excluding carboxylic acids is 2. The lowest BCUT2D eigenvalue weighted by Gasteiger charge is -2.21. The monoisotopic (exact) mass is 336 g/mol. The summed E-state index contributed by atoms with van der Waals surface area (Å²) in [7, 11) is -3.28. The highest BCUT2D eigenvalue weighted by molar-refractivity contribution is 7.90. The van der Waals surface area contributed by atoms with Crippen molar-refractivity contribution in [2.24, 2.45) is 5.92 Å². The minimum absolute atomic E-state index is 0.151. The van der Waals surface area contributed by atoms with Gasteiger partial charge in [-0.15, -0.1) is 0 Å². The van der Waals surface area contributed by atoms with Crippen LogP contribution in [0.2, 0.25) is 0 Å². The van der Waals surface area contributed by atoms with E-state index in [0.717, 1.165) is 24.7 Å². The zero-order chi connectivity index (χ0) is 17.0. The average molecular weight is 336 g/mol. The van der Waals surface area contributed by atoms with Crippen molar-refractivity contribution in [3.63, 3.8) is 0 Å². The summed E-state index contributed by atoms with van der Waals surface area (Å²) < 4.78 is 23.3. The molecular formula is C16H20N2O4S. The van der Waals surface area contributed by atoms with Crippen LogP contribution >= 0.6 is 0 Å². The zero-order valence-electron chi connectivity index (χ0n) is 13.4. The van der Waals surface area contributed by atoms with Crippen molar-refractivity contribution in [3.05, 3.63) is 29.3 Å². The Hall–Kier alpha value is -1.89. The second kappa shape index (κ2) is 5.06. The third kappa shape index (κ3) is 2.73. The number of rotatable bonds is 4. The molecule has 1 aliphatic carbocycles. The smallest absolute Gasteiger partial charge is 0.323 e. The number of nitrogens with one attached hydrogen (secondary N) is 1. The molecule has 1 atom stereocenters. The van der Waals surface area contributed by atoms with E-state index in [4.69, 9.17) is 0 Å². The number of carbonyl (C=O) groups is 2.